The van der Waals surface area contributed by atoms with E-state index in [1.165, 1.54) is 0 Å². The lowest BCUT2D eigenvalue weighted by Crippen LogP contribution is -2.02. The van der Waals surface area contributed by atoms with Gasteiger partial charge in [0.2, 0.25) is 0 Å². The maximum Gasteiger partial charge on any atom is 0.193 e. The van der Waals surface area contributed by atoms with Crippen LogP contribution in [0, 0.1) is 0 Å². The van der Waals surface area contributed by atoms with Crippen molar-refractivity contribution in [3.63, 3.8) is 0 Å². The fourth-order valence-corrected chi connectivity index (χ4v) is 2.33. The van der Waals surface area contributed by atoms with E-state index in [0.717, 1.165) is 10.8 Å². The molecule has 2 nitrogen and oxygen atoms in total. The first kappa shape index (κ1) is 12.4. The highest BCUT2D eigenvalue weighted by molar-refractivity contribution is 6.16. The Bertz CT molecular complexity index is 761. The third-order valence-electron chi connectivity index (χ3n) is 3.35. The number of rotatable bonds is 3. The third kappa shape index (κ3) is 2.16. The zero-order valence-electron chi connectivity index (χ0n) is 11.2. The van der Waals surface area contributed by atoms with Gasteiger partial charge in [0.1, 0.15) is 5.75 Å². The van der Waals surface area contributed by atoms with Gasteiger partial charge >= 0.3 is 0 Å². The molecule has 0 bridgehead atoms. The van der Waals surface area contributed by atoms with Gasteiger partial charge in [-0.1, -0.05) is 54.6 Å². The van der Waals surface area contributed by atoms with Crippen molar-refractivity contribution >= 4 is 16.6 Å². The van der Waals surface area contributed by atoms with Crippen molar-refractivity contribution in [3.05, 3.63) is 77.9 Å². The second-order valence-corrected chi connectivity index (χ2v) is 4.59. The van der Waals surface area contributed by atoms with Gasteiger partial charge in [0.15, 0.2) is 5.78 Å². The Morgan fingerprint density at radius 1 is 0.900 bits per heavy atom. The Balaban J connectivity index is 2.22. The fourth-order valence-electron chi connectivity index (χ4n) is 2.33. The average Bonchev–Trinajstić information content (AvgIpc) is 2.54. The van der Waals surface area contributed by atoms with Crippen LogP contribution in [-0.4, -0.2) is 12.9 Å². The van der Waals surface area contributed by atoms with E-state index in [9.17, 15) is 4.79 Å². The highest BCUT2D eigenvalue weighted by atomic mass is 16.5. The molecule has 0 aromatic heterocycles. The molecule has 0 aliphatic carbocycles. The number of carbonyl (C=O) groups is 1. The van der Waals surface area contributed by atoms with Crippen molar-refractivity contribution in [2.45, 2.75) is 0 Å². The predicted molar refractivity (Wildman–Crippen MR) is 80.4 cm³/mol. The van der Waals surface area contributed by atoms with Crippen LogP contribution in [0.15, 0.2) is 66.7 Å². The largest absolute Gasteiger partial charge is 0.497 e. The average molecular weight is 262 g/mol. The standard InChI is InChI=1S/C18H14O2/c1-20-15-11-14-9-5-6-10-16(14)17(12-15)18(19)13-7-3-2-4-8-13/h2-12H,1H3. The molecule has 0 aliphatic heterocycles. The molecule has 0 spiro atoms. The van der Waals surface area contributed by atoms with Crippen LogP contribution in [0.4, 0.5) is 0 Å². The lowest BCUT2D eigenvalue weighted by atomic mass is 9.97. The molecule has 0 saturated carbocycles. The molecule has 2 heteroatoms. The number of hydrogen-bond donors (Lipinski definition) is 0. The Morgan fingerprint density at radius 3 is 2.35 bits per heavy atom. The molecule has 0 atom stereocenters. The number of fused-ring (bicyclic) bond motifs is 1. The minimum Gasteiger partial charge on any atom is -0.497 e. The summed E-state index contributed by atoms with van der Waals surface area (Å²) in [5.41, 5.74) is 1.36. The summed E-state index contributed by atoms with van der Waals surface area (Å²) in [6, 6.07) is 20.9. The topological polar surface area (TPSA) is 26.3 Å². The number of benzene rings is 3. The highest BCUT2D eigenvalue weighted by Crippen LogP contribution is 2.27. The molecular weight excluding hydrogens is 248 g/mol. The minimum atomic E-state index is 0.0145. The molecular formula is C18H14O2. The van der Waals surface area contributed by atoms with Crippen LogP contribution in [0.25, 0.3) is 10.8 Å². The molecule has 0 aliphatic rings. The molecule has 98 valence electrons. The van der Waals surface area contributed by atoms with Crippen LogP contribution in [0.1, 0.15) is 15.9 Å². The van der Waals surface area contributed by atoms with Crippen molar-refractivity contribution < 1.29 is 9.53 Å². The van der Waals surface area contributed by atoms with Crippen molar-refractivity contribution in [1.29, 1.82) is 0 Å². The Morgan fingerprint density at radius 2 is 1.60 bits per heavy atom. The van der Waals surface area contributed by atoms with E-state index >= 15 is 0 Å². The fraction of sp³-hybridized carbons (Fsp3) is 0.0556. The normalized spacial score (nSPS) is 10.4. The second-order valence-electron chi connectivity index (χ2n) is 4.59. The summed E-state index contributed by atoms with van der Waals surface area (Å²) < 4.78 is 5.30. The van der Waals surface area contributed by atoms with Crippen LogP contribution in [0.2, 0.25) is 0 Å². The molecule has 3 rings (SSSR count). The van der Waals surface area contributed by atoms with Crippen molar-refractivity contribution in [2.75, 3.05) is 7.11 Å². The first-order valence-electron chi connectivity index (χ1n) is 6.46. The summed E-state index contributed by atoms with van der Waals surface area (Å²) in [6.45, 7) is 0. The van der Waals surface area contributed by atoms with Gasteiger partial charge in [0.25, 0.3) is 0 Å². The number of ketones is 1. The lowest BCUT2D eigenvalue weighted by Gasteiger charge is -2.09. The van der Waals surface area contributed by atoms with E-state index in [2.05, 4.69) is 0 Å². The Labute approximate surface area is 117 Å². The zero-order chi connectivity index (χ0) is 13.9. The van der Waals surface area contributed by atoms with Crippen LogP contribution < -0.4 is 4.74 Å². The lowest BCUT2D eigenvalue weighted by molar-refractivity contribution is 0.104. The molecule has 3 aromatic carbocycles. The summed E-state index contributed by atoms with van der Waals surface area (Å²) in [7, 11) is 1.61. The van der Waals surface area contributed by atoms with Gasteiger partial charge in [0, 0.05) is 11.1 Å². The van der Waals surface area contributed by atoms with Gasteiger partial charge in [0.05, 0.1) is 7.11 Å². The number of hydrogen-bond acceptors (Lipinski definition) is 2. The maximum absolute atomic E-state index is 12.7. The maximum atomic E-state index is 12.7. The van der Waals surface area contributed by atoms with Crippen molar-refractivity contribution in [3.8, 4) is 5.75 Å². The monoisotopic (exact) mass is 262 g/mol. The second kappa shape index (κ2) is 5.17. The molecule has 0 unspecified atom stereocenters. The van der Waals surface area contributed by atoms with Crippen LogP contribution in [-0.2, 0) is 0 Å². The van der Waals surface area contributed by atoms with Gasteiger partial charge < -0.3 is 4.74 Å². The SMILES string of the molecule is COc1cc(C(=O)c2ccccc2)c2ccccc2c1. The van der Waals surface area contributed by atoms with Gasteiger partial charge in [-0.05, 0) is 22.9 Å². The Kier molecular flexibility index (Phi) is 3.21. The minimum absolute atomic E-state index is 0.0145. The molecule has 20 heavy (non-hydrogen) atoms. The molecule has 0 heterocycles. The van der Waals surface area contributed by atoms with Crippen LogP contribution in [0.5, 0.6) is 5.75 Å². The summed E-state index contributed by atoms with van der Waals surface area (Å²) >= 11 is 0. The van der Waals surface area contributed by atoms with Gasteiger partial charge in [-0.3, -0.25) is 4.79 Å². The van der Waals surface area contributed by atoms with Gasteiger partial charge in [-0.15, -0.1) is 0 Å². The smallest absolute Gasteiger partial charge is 0.193 e. The third-order valence-corrected chi connectivity index (χ3v) is 3.35. The number of methoxy groups -OCH3 is 1. The van der Waals surface area contributed by atoms with E-state index < -0.39 is 0 Å². The van der Waals surface area contributed by atoms with E-state index in [1.54, 1.807) is 13.2 Å². The van der Waals surface area contributed by atoms with E-state index in [-0.39, 0.29) is 5.78 Å². The van der Waals surface area contributed by atoms with Gasteiger partial charge in [-0.2, -0.15) is 0 Å². The Hall–Kier alpha value is -2.61. The molecule has 0 radical (unpaired) electrons. The number of carbonyl (C=O) groups excluding carboxylic acids is 1. The zero-order valence-corrected chi connectivity index (χ0v) is 11.2. The first-order valence-corrected chi connectivity index (χ1v) is 6.46. The van der Waals surface area contributed by atoms with Crippen molar-refractivity contribution in [2.24, 2.45) is 0 Å². The molecule has 3 aromatic rings. The van der Waals surface area contributed by atoms with Crippen molar-refractivity contribution in [1.82, 2.24) is 0 Å². The van der Waals surface area contributed by atoms with E-state index in [1.807, 2.05) is 60.7 Å². The molecule has 0 amide bonds. The van der Waals surface area contributed by atoms with E-state index in [4.69, 9.17) is 4.74 Å². The van der Waals surface area contributed by atoms with E-state index in [0.29, 0.717) is 16.9 Å². The van der Waals surface area contributed by atoms with Crippen LogP contribution in [0.3, 0.4) is 0 Å². The number of ether oxygens (including phenoxy) is 1. The molecule has 0 fully saturated rings. The first-order chi connectivity index (χ1) is 9.79. The summed E-state index contributed by atoms with van der Waals surface area (Å²) in [6.07, 6.45) is 0. The summed E-state index contributed by atoms with van der Waals surface area (Å²) in [4.78, 5) is 12.7. The van der Waals surface area contributed by atoms with Crippen LogP contribution >= 0.6 is 0 Å². The molecule has 0 N–H and O–H groups in total. The highest BCUT2D eigenvalue weighted by Gasteiger charge is 2.13. The summed E-state index contributed by atoms with van der Waals surface area (Å²) in [5, 5.41) is 1.95. The predicted octanol–water partition coefficient (Wildman–Crippen LogP) is 4.08. The van der Waals surface area contributed by atoms with Gasteiger partial charge in [-0.25, -0.2) is 0 Å². The summed E-state index contributed by atoms with van der Waals surface area (Å²) in [5.74, 6) is 0.712. The quantitative estimate of drug-likeness (QED) is 0.665. The molecule has 0 saturated heterocycles.